The lowest BCUT2D eigenvalue weighted by Gasteiger charge is -2.48. The van der Waals surface area contributed by atoms with E-state index in [1.165, 1.54) is 17.4 Å². The summed E-state index contributed by atoms with van der Waals surface area (Å²) >= 11 is 1.24. The van der Waals surface area contributed by atoms with Crippen molar-refractivity contribution in [2.75, 3.05) is 31.1 Å². The quantitative estimate of drug-likeness (QED) is 0.0794. The number of amides is 1. The summed E-state index contributed by atoms with van der Waals surface area (Å²) in [5, 5.41) is 25.6. The number of nitrogens with zero attached hydrogens (tertiary/aromatic N) is 3. The summed E-state index contributed by atoms with van der Waals surface area (Å²) in [4.78, 5) is 45.3. The monoisotopic (exact) mass is 871 g/mol. The van der Waals surface area contributed by atoms with Crippen molar-refractivity contribution in [2.24, 2.45) is 5.92 Å². The topological polar surface area (TPSA) is 140 Å². The van der Waals surface area contributed by atoms with E-state index in [2.05, 4.69) is 67.3 Å². The standard InChI is InChI=1S/C49H57N5O6SSi/c1-49(2,3)62(4,5)60-43(37-17-20-42(55)46-38(37)18-21-45(56)51-46)30-50-29-33-15-19-39-44(28-33)61-48(59)53(39)24-10-9-11-32-14-16-36(34-12-7-6-8-13-34)40(27-32)54(47(57)58)41-31-52-25-22-35(41)23-26-52/h6-9,11-21,27-28,35,41,43,50,55H,10,22-26,29-31H2,1-5H3,(H,51,56)(H,57,58)/t41?,43-/m0/s1. The molecule has 2 aromatic heterocycles. The van der Waals surface area contributed by atoms with Gasteiger partial charge in [0.05, 0.1) is 33.6 Å². The minimum Gasteiger partial charge on any atom is -0.506 e. The first-order valence-corrected chi connectivity index (χ1v) is 25.4. The van der Waals surface area contributed by atoms with Crippen LogP contribution >= 0.6 is 11.3 Å². The van der Waals surface area contributed by atoms with Gasteiger partial charge < -0.3 is 29.8 Å². The van der Waals surface area contributed by atoms with Crippen LogP contribution in [0.5, 0.6) is 5.75 Å². The smallest absolute Gasteiger partial charge is 0.412 e. The molecule has 11 nitrogen and oxygen atoms in total. The van der Waals surface area contributed by atoms with E-state index >= 15 is 0 Å². The molecule has 5 heterocycles. The highest BCUT2D eigenvalue weighted by Gasteiger charge is 2.41. The number of carbonyl (C=O) groups is 1. The number of pyridine rings is 1. The molecule has 1 amide bonds. The predicted molar refractivity (Wildman–Crippen MR) is 254 cm³/mol. The Kier molecular flexibility index (Phi) is 12.5. The third kappa shape index (κ3) is 9.09. The zero-order chi connectivity index (χ0) is 43.8. The average molecular weight is 872 g/mol. The fourth-order valence-electron chi connectivity index (χ4n) is 8.85. The van der Waals surface area contributed by atoms with E-state index in [1.807, 2.05) is 71.3 Å². The summed E-state index contributed by atoms with van der Waals surface area (Å²) in [5.74, 6) is 0.360. The van der Waals surface area contributed by atoms with E-state index in [9.17, 15) is 24.6 Å². The van der Waals surface area contributed by atoms with Gasteiger partial charge in [-0.05, 0) is 109 Å². The SMILES string of the molecule is CC(C)(C)[Si](C)(C)O[C@@H](CNCc1ccc2c(c1)sc(=O)n2CCC=Cc1ccc(-c2ccccc2)c(N(C(=O)O)C2CN3CCC2CC3)c1)c1ccc(O)c2[nH]c(=O)ccc12. The highest BCUT2D eigenvalue weighted by molar-refractivity contribution is 7.16. The molecule has 324 valence electrons. The lowest BCUT2D eigenvalue weighted by molar-refractivity contribution is 0.0838. The highest BCUT2D eigenvalue weighted by Crippen LogP contribution is 2.42. The molecule has 3 fully saturated rings. The predicted octanol–water partition coefficient (Wildman–Crippen LogP) is 9.81. The Balaban J connectivity index is 0.968. The Bertz CT molecular complexity index is 2730. The van der Waals surface area contributed by atoms with Gasteiger partial charge in [0.1, 0.15) is 5.75 Å². The van der Waals surface area contributed by atoms with Crippen LogP contribution in [-0.2, 0) is 17.5 Å². The van der Waals surface area contributed by atoms with Gasteiger partial charge in [0.25, 0.3) is 0 Å². The Morgan fingerprint density at radius 1 is 1.02 bits per heavy atom. The first kappa shape index (κ1) is 43.3. The van der Waals surface area contributed by atoms with Crippen molar-refractivity contribution < 1.29 is 19.4 Å². The number of hydrogen-bond donors (Lipinski definition) is 4. The van der Waals surface area contributed by atoms with Crippen LogP contribution in [0, 0.1) is 5.92 Å². The van der Waals surface area contributed by atoms with Crippen LogP contribution in [0.25, 0.3) is 38.3 Å². The number of allylic oxidation sites excluding steroid dienone is 1. The van der Waals surface area contributed by atoms with Gasteiger partial charge >= 0.3 is 11.0 Å². The van der Waals surface area contributed by atoms with Gasteiger partial charge in [0, 0.05) is 43.2 Å². The van der Waals surface area contributed by atoms with E-state index < -0.39 is 14.4 Å². The number of rotatable bonds is 14. The number of anilines is 1. The number of aromatic hydroxyl groups is 1. The minimum absolute atomic E-state index is 0.0114. The van der Waals surface area contributed by atoms with Crippen molar-refractivity contribution in [3.05, 3.63) is 134 Å². The molecule has 3 aliphatic heterocycles. The summed E-state index contributed by atoms with van der Waals surface area (Å²) in [6, 6.07) is 28.8. The lowest BCUT2D eigenvalue weighted by Crippen LogP contribution is -2.59. The Morgan fingerprint density at radius 2 is 1.79 bits per heavy atom. The normalized spacial score (nSPS) is 18.5. The summed E-state index contributed by atoms with van der Waals surface area (Å²) in [5.41, 5.74) is 6.45. The number of hydrogen-bond acceptors (Lipinski definition) is 8. The molecule has 1 unspecified atom stereocenters. The van der Waals surface area contributed by atoms with E-state index in [4.69, 9.17) is 4.43 Å². The second-order valence-electron chi connectivity index (χ2n) is 18.3. The van der Waals surface area contributed by atoms with Crippen molar-refractivity contribution >= 4 is 58.6 Å². The molecular formula is C49H57N5O6SSi. The summed E-state index contributed by atoms with van der Waals surface area (Å²) in [7, 11) is -2.24. The minimum atomic E-state index is -2.24. The van der Waals surface area contributed by atoms with E-state index in [1.54, 1.807) is 17.0 Å². The number of H-pyrrole nitrogens is 1. The molecule has 0 saturated carbocycles. The molecule has 9 rings (SSSR count). The molecule has 0 radical (unpaired) electrons. The molecule has 3 saturated heterocycles. The number of aromatic amines is 1. The third-order valence-electron chi connectivity index (χ3n) is 13.2. The zero-order valence-corrected chi connectivity index (χ0v) is 38.0. The van der Waals surface area contributed by atoms with Crippen molar-refractivity contribution in [2.45, 2.75) is 83.4 Å². The molecule has 0 aliphatic carbocycles. The van der Waals surface area contributed by atoms with Crippen LogP contribution in [0.2, 0.25) is 18.1 Å². The lowest BCUT2D eigenvalue weighted by atomic mass is 9.82. The number of aryl methyl sites for hydroxylation is 1. The van der Waals surface area contributed by atoms with Gasteiger partial charge in [-0.25, -0.2) is 4.79 Å². The molecule has 3 aliphatic rings. The zero-order valence-electron chi connectivity index (χ0n) is 36.2. The second kappa shape index (κ2) is 17.8. The van der Waals surface area contributed by atoms with Crippen molar-refractivity contribution in [1.82, 2.24) is 19.8 Å². The van der Waals surface area contributed by atoms with Gasteiger partial charge in [-0.1, -0.05) is 98.9 Å². The second-order valence-corrected chi connectivity index (χ2v) is 24.0. The van der Waals surface area contributed by atoms with Gasteiger partial charge in [0.15, 0.2) is 8.32 Å². The summed E-state index contributed by atoms with van der Waals surface area (Å²) in [6.45, 7) is 15.4. The number of piperidine rings is 3. The largest absolute Gasteiger partial charge is 0.506 e. The van der Waals surface area contributed by atoms with Crippen LogP contribution in [-0.4, -0.2) is 71.3 Å². The molecule has 4 aromatic carbocycles. The highest BCUT2D eigenvalue weighted by atomic mass is 32.1. The van der Waals surface area contributed by atoms with Crippen molar-refractivity contribution in [3.8, 4) is 16.9 Å². The molecule has 62 heavy (non-hydrogen) atoms. The van der Waals surface area contributed by atoms with Crippen LogP contribution in [0.15, 0.2) is 107 Å². The number of aromatic nitrogens is 2. The van der Waals surface area contributed by atoms with Crippen LogP contribution in [0.4, 0.5) is 10.5 Å². The summed E-state index contributed by atoms with van der Waals surface area (Å²) in [6.07, 6.45) is 5.49. The molecular weight excluding hydrogens is 815 g/mol. The Hall–Kier alpha value is -5.31. The van der Waals surface area contributed by atoms with E-state index in [0.29, 0.717) is 43.2 Å². The molecule has 0 spiro atoms. The van der Waals surface area contributed by atoms with Gasteiger partial charge in [0.2, 0.25) is 5.56 Å². The van der Waals surface area contributed by atoms with Crippen LogP contribution in [0.3, 0.4) is 0 Å². The fourth-order valence-corrected chi connectivity index (χ4v) is 11.1. The maximum Gasteiger partial charge on any atom is 0.412 e. The van der Waals surface area contributed by atoms with E-state index in [0.717, 1.165) is 75.9 Å². The number of thiazole rings is 1. The van der Waals surface area contributed by atoms with Gasteiger partial charge in [-0.3, -0.25) is 19.1 Å². The van der Waals surface area contributed by atoms with Crippen LogP contribution in [0.1, 0.15) is 62.8 Å². The van der Waals surface area contributed by atoms with Crippen LogP contribution < -0.4 is 20.6 Å². The Morgan fingerprint density at radius 3 is 2.50 bits per heavy atom. The number of phenolic OH excluding ortho intramolecular Hbond substituents is 1. The van der Waals surface area contributed by atoms with Crippen molar-refractivity contribution in [3.63, 3.8) is 0 Å². The molecule has 2 bridgehead atoms. The molecule has 6 aromatic rings. The molecule has 13 heteroatoms. The van der Waals surface area contributed by atoms with Gasteiger partial charge in [-0.2, -0.15) is 0 Å². The van der Waals surface area contributed by atoms with Gasteiger partial charge in [-0.15, -0.1) is 0 Å². The first-order valence-electron chi connectivity index (χ1n) is 21.6. The first-order chi connectivity index (χ1) is 29.7. The number of fused-ring (bicyclic) bond motifs is 5. The molecule has 2 atom stereocenters. The molecule has 4 N–H and O–H groups in total. The Labute approximate surface area is 367 Å². The number of nitrogens with one attached hydrogen (secondary N) is 2. The fraction of sp³-hybridized carbons (Fsp3) is 0.367. The maximum atomic E-state index is 13.3. The average Bonchev–Trinajstić information content (AvgIpc) is 3.56. The number of phenols is 1. The third-order valence-corrected chi connectivity index (χ3v) is 18.7. The maximum absolute atomic E-state index is 13.3. The van der Waals surface area contributed by atoms with Crippen molar-refractivity contribution in [1.29, 1.82) is 0 Å². The summed E-state index contributed by atoms with van der Waals surface area (Å²) < 4.78 is 9.73. The number of carboxylic acid groups (broad SMARTS) is 1. The number of benzene rings is 4. The van der Waals surface area contributed by atoms with E-state index in [-0.39, 0.29) is 33.4 Å².